The monoisotopic (exact) mass is 471 g/mol. The number of anilines is 2. The zero-order valence-electron chi connectivity index (χ0n) is 19.7. The summed E-state index contributed by atoms with van der Waals surface area (Å²) in [4.78, 5) is 26.1. The Labute approximate surface area is 196 Å². The molecule has 1 saturated carbocycles. The third kappa shape index (κ3) is 6.13. The molecule has 2 N–H and O–H groups in total. The maximum absolute atomic E-state index is 13.2. The Morgan fingerprint density at radius 2 is 1.70 bits per heavy atom. The summed E-state index contributed by atoms with van der Waals surface area (Å²) >= 11 is 0. The lowest BCUT2D eigenvalue weighted by Gasteiger charge is -2.30. The molecule has 0 heterocycles. The summed E-state index contributed by atoms with van der Waals surface area (Å²) in [6.07, 6.45) is 6.38. The van der Waals surface area contributed by atoms with Crippen molar-refractivity contribution in [1.82, 2.24) is 5.32 Å². The fraction of sp³-hybridized carbons (Fsp3) is 0.440. The maximum Gasteiger partial charge on any atom is 0.253 e. The van der Waals surface area contributed by atoms with Gasteiger partial charge in [-0.15, -0.1) is 0 Å². The average molecular weight is 472 g/mol. The minimum absolute atomic E-state index is 0.138. The molecule has 2 aromatic carbocycles. The Morgan fingerprint density at radius 3 is 2.36 bits per heavy atom. The number of aryl methyl sites for hydroxylation is 2. The predicted molar refractivity (Wildman–Crippen MR) is 132 cm³/mol. The molecule has 0 aromatic heterocycles. The molecule has 1 aliphatic carbocycles. The summed E-state index contributed by atoms with van der Waals surface area (Å²) in [5.74, 6) is -0.751. The van der Waals surface area contributed by atoms with Crippen LogP contribution in [0.5, 0.6) is 0 Å². The molecule has 0 bridgehead atoms. The number of rotatable bonds is 7. The van der Waals surface area contributed by atoms with Gasteiger partial charge in [0.2, 0.25) is 15.9 Å². The second-order valence-corrected chi connectivity index (χ2v) is 10.7. The molecule has 8 heteroatoms. The number of hydrogen-bond donors (Lipinski definition) is 2. The zero-order valence-corrected chi connectivity index (χ0v) is 20.5. The Morgan fingerprint density at radius 1 is 1.03 bits per heavy atom. The molecule has 0 aliphatic heterocycles. The van der Waals surface area contributed by atoms with Crippen molar-refractivity contribution < 1.29 is 18.0 Å². The van der Waals surface area contributed by atoms with E-state index in [1.165, 1.54) is 6.42 Å². The highest BCUT2D eigenvalue weighted by Gasteiger charge is 2.31. The highest BCUT2D eigenvalue weighted by atomic mass is 32.2. The van der Waals surface area contributed by atoms with Gasteiger partial charge in [0.25, 0.3) is 5.91 Å². The van der Waals surface area contributed by atoms with Crippen molar-refractivity contribution in [2.75, 3.05) is 15.9 Å². The molecule has 178 valence electrons. The summed E-state index contributed by atoms with van der Waals surface area (Å²) < 4.78 is 26.5. The Hall–Kier alpha value is -2.87. The van der Waals surface area contributed by atoms with Gasteiger partial charge in [0.15, 0.2) is 0 Å². The Kier molecular flexibility index (Phi) is 7.79. The second kappa shape index (κ2) is 10.4. The first-order chi connectivity index (χ1) is 15.6. The number of para-hydroxylation sites is 1. The van der Waals surface area contributed by atoms with E-state index in [2.05, 4.69) is 10.6 Å². The zero-order chi connectivity index (χ0) is 24.2. The van der Waals surface area contributed by atoms with Gasteiger partial charge in [0, 0.05) is 6.04 Å². The van der Waals surface area contributed by atoms with Crippen LogP contribution in [-0.2, 0) is 14.8 Å². The minimum Gasteiger partial charge on any atom is -0.349 e. The quantitative estimate of drug-likeness (QED) is 0.634. The molecule has 0 spiro atoms. The molecule has 3 rings (SSSR count). The fourth-order valence-corrected chi connectivity index (χ4v) is 5.50. The van der Waals surface area contributed by atoms with Crippen molar-refractivity contribution >= 4 is 33.2 Å². The molecule has 2 aromatic rings. The molecular weight excluding hydrogens is 438 g/mol. The van der Waals surface area contributed by atoms with Crippen LogP contribution in [-0.4, -0.2) is 38.6 Å². The lowest BCUT2D eigenvalue weighted by Crippen LogP contribution is -2.46. The molecule has 1 aliphatic rings. The van der Waals surface area contributed by atoms with Gasteiger partial charge in [-0.3, -0.25) is 13.9 Å². The first-order valence-corrected chi connectivity index (χ1v) is 13.2. The number of amides is 2. The number of nitrogens with one attached hydrogen (secondary N) is 2. The van der Waals surface area contributed by atoms with Gasteiger partial charge in [-0.25, -0.2) is 8.42 Å². The van der Waals surface area contributed by atoms with E-state index in [1.807, 2.05) is 26.0 Å². The molecule has 33 heavy (non-hydrogen) atoms. The van der Waals surface area contributed by atoms with Gasteiger partial charge in [-0.05, 0) is 62.9 Å². The normalized spacial score (nSPS) is 15.5. The van der Waals surface area contributed by atoms with Crippen molar-refractivity contribution in [2.45, 2.75) is 65.0 Å². The second-order valence-electron chi connectivity index (χ2n) is 8.87. The smallest absolute Gasteiger partial charge is 0.253 e. The first kappa shape index (κ1) is 24.8. The van der Waals surface area contributed by atoms with Crippen LogP contribution >= 0.6 is 0 Å². The predicted octanol–water partition coefficient (Wildman–Crippen LogP) is 4.16. The van der Waals surface area contributed by atoms with E-state index in [4.69, 9.17) is 0 Å². The molecule has 0 unspecified atom stereocenters. The Balaban J connectivity index is 1.84. The van der Waals surface area contributed by atoms with Crippen LogP contribution in [0, 0.1) is 13.8 Å². The largest absolute Gasteiger partial charge is 0.349 e. The summed E-state index contributed by atoms with van der Waals surface area (Å²) in [6, 6.07) is 11.4. The topological polar surface area (TPSA) is 95.6 Å². The molecule has 0 saturated heterocycles. The molecule has 2 amide bonds. The number of sulfonamides is 1. The van der Waals surface area contributed by atoms with Crippen LogP contribution in [0.4, 0.5) is 11.4 Å². The van der Waals surface area contributed by atoms with Crippen molar-refractivity contribution in [3.8, 4) is 0 Å². The van der Waals surface area contributed by atoms with Gasteiger partial charge in [-0.1, -0.05) is 43.5 Å². The summed E-state index contributed by atoms with van der Waals surface area (Å²) in [7, 11) is -3.75. The summed E-state index contributed by atoms with van der Waals surface area (Å²) in [6.45, 7) is 5.22. The third-order valence-corrected chi connectivity index (χ3v) is 7.29. The van der Waals surface area contributed by atoms with Crippen LogP contribution in [0.1, 0.15) is 60.5 Å². The van der Waals surface area contributed by atoms with Gasteiger partial charge in [0.1, 0.15) is 6.04 Å². The molecular formula is C25H33N3O4S. The summed E-state index contributed by atoms with van der Waals surface area (Å²) in [5.41, 5.74) is 2.82. The van der Waals surface area contributed by atoms with Crippen molar-refractivity contribution in [3.63, 3.8) is 0 Å². The molecule has 0 radical (unpaired) electrons. The number of nitrogens with zero attached hydrogens (tertiary/aromatic N) is 1. The molecule has 1 atom stereocenters. The van der Waals surface area contributed by atoms with Crippen LogP contribution in [0.25, 0.3) is 0 Å². The number of carbonyl (C=O) groups excluding carboxylic acids is 2. The number of hydrogen-bond acceptors (Lipinski definition) is 4. The Bertz CT molecular complexity index is 1120. The van der Waals surface area contributed by atoms with E-state index < -0.39 is 22.0 Å². The summed E-state index contributed by atoms with van der Waals surface area (Å²) in [5, 5.41) is 5.85. The van der Waals surface area contributed by atoms with E-state index in [-0.39, 0.29) is 11.9 Å². The van der Waals surface area contributed by atoms with Gasteiger partial charge >= 0.3 is 0 Å². The lowest BCUT2D eigenvalue weighted by molar-refractivity contribution is -0.116. The van der Waals surface area contributed by atoms with E-state index in [1.54, 1.807) is 37.3 Å². The SMILES string of the molecule is Cc1ccc(C)c(N([C@H](C)C(=O)Nc2ccccc2C(=O)NC2CCCCC2)S(C)(=O)=O)c1. The van der Waals surface area contributed by atoms with Gasteiger partial charge in [-0.2, -0.15) is 0 Å². The van der Waals surface area contributed by atoms with Crippen LogP contribution in [0.15, 0.2) is 42.5 Å². The average Bonchev–Trinajstić information content (AvgIpc) is 2.76. The van der Waals surface area contributed by atoms with Crippen molar-refractivity contribution in [3.05, 3.63) is 59.2 Å². The maximum atomic E-state index is 13.2. The number of carbonyl (C=O) groups is 2. The van der Waals surface area contributed by atoms with E-state index in [9.17, 15) is 18.0 Å². The van der Waals surface area contributed by atoms with E-state index >= 15 is 0 Å². The van der Waals surface area contributed by atoms with Gasteiger partial charge in [0.05, 0.1) is 23.2 Å². The van der Waals surface area contributed by atoms with Crippen molar-refractivity contribution in [1.29, 1.82) is 0 Å². The van der Waals surface area contributed by atoms with Gasteiger partial charge < -0.3 is 10.6 Å². The minimum atomic E-state index is -3.75. The van der Waals surface area contributed by atoms with Crippen LogP contribution in [0.3, 0.4) is 0 Å². The highest BCUT2D eigenvalue weighted by Crippen LogP contribution is 2.27. The third-order valence-electron chi connectivity index (χ3n) is 6.06. The van der Waals surface area contributed by atoms with Crippen LogP contribution < -0.4 is 14.9 Å². The first-order valence-electron chi connectivity index (χ1n) is 11.4. The van der Waals surface area contributed by atoms with E-state index in [0.717, 1.165) is 47.4 Å². The fourth-order valence-electron chi connectivity index (χ4n) is 4.28. The van der Waals surface area contributed by atoms with E-state index in [0.29, 0.717) is 16.9 Å². The standard InChI is InChI=1S/C25H33N3O4S/c1-17-14-15-18(2)23(16-17)28(33(4,31)32)19(3)24(29)27-22-13-9-8-12-21(22)25(30)26-20-10-6-5-7-11-20/h8-9,12-16,19-20H,5-7,10-11H2,1-4H3,(H,26,30)(H,27,29)/t19-/m1/s1. The van der Waals surface area contributed by atoms with Crippen LogP contribution in [0.2, 0.25) is 0 Å². The molecule has 7 nitrogen and oxygen atoms in total. The lowest BCUT2D eigenvalue weighted by atomic mass is 9.95. The number of benzene rings is 2. The molecule has 1 fully saturated rings. The van der Waals surface area contributed by atoms with Crippen molar-refractivity contribution in [2.24, 2.45) is 0 Å². The highest BCUT2D eigenvalue weighted by molar-refractivity contribution is 7.92.